The second-order valence-electron chi connectivity index (χ2n) is 4.40. The molecular formula is C15H15Br2NO. The Balaban J connectivity index is 2.02. The Hall–Kier alpha value is -0.840. The van der Waals surface area contributed by atoms with Gasteiger partial charge in [0, 0.05) is 22.6 Å². The summed E-state index contributed by atoms with van der Waals surface area (Å²) in [5, 5.41) is 13.3. The van der Waals surface area contributed by atoms with Gasteiger partial charge in [0.2, 0.25) is 0 Å². The van der Waals surface area contributed by atoms with Crippen LogP contribution in [0, 0.1) is 0 Å². The highest BCUT2D eigenvalue weighted by Crippen LogP contribution is 2.27. The molecule has 0 saturated heterocycles. The Bertz CT molecular complexity index is 555. The molecule has 0 radical (unpaired) electrons. The van der Waals surface area contributed by atoms with Gasteiger partial charge < -0.3 is 10.4 Å². The van der Waals surface area contributed by atoms with Crippen LogP contribution in [0.5, 0.6) is 5.75 Å². The molecule has 0 bridgehead atoms. The first-order chi connectivity index (χ1) is 9.08. The minimum Gasteiger partial charge on any atom is -0.506 e. The number of hydrogen-bond acceptors (Lipinski definition) is 2. The van der Waals surface area contributed by atoms with Gasteiger partial charge in [0.15, 0.2) is 0 Å². The van der Waals surface area contributed by atoms with Crippen molar-refractivity contribution in [2.75, 3.05) is 0 Å². The van der Waals surface area contributed by atoms with Crippen molar-refractivity contribution in [2.45, 2.75) is 19.5 Å². The van der Waals surface area contributed by atoms with E-state index in [0.29, 0.717) is 12.3 Å². The number of halogens is 2. The first-order valence-electron chi connectivity index (χ1n) is 6.03. The van der Waals surface area contributed by atoms with E-state index in [2.05, 4.69) is 56.2 Å². The van der Waals surface area contributed by atoms with Crippen LogP contribution in [-0.4, -0.2) is 5.11 Å². The molecule has 0 aromatic heterocycles. The first-order valence-corrected chi connectivity index (χ1v) is 7.61. The number of benzene rings is 2. The summed E-state index contributed by atoms with van der Waals surface area (Å²) in [6, 6.07) is 14.1. The first kappa shape index (κ1) is 14.6. The molecule has 0 heterocycles. The average Bonchev–Trinajstić information content (AvgIpc) is 2.41. The van der Waals surface area contributed by atoms with E-state index in [-0.39, 0.29) is 6.04 Å². The van der Waals surface area contributed by atoms with E-state index in [9.17, 15) is 5.11 Å². The number of nitrogens with one attached hydrogen (secondary N) is 1. The predicted octanol–water partition coefficient (Wildman–Crippen LogP) is 4.77. The van der Waals surface area contributed by atoms with Crippen LogP contribution in [0.3, 0.4) is 0 Å². The molecular weight excluding hydrogens is 370 g/mol. The zero-order valence-corrected chi connectivity index (χ0v) is 13.7. The zero-order valence-electron chi connectivity index (χ0n) is 10.5. The minimum absolute atomic E-state index is 0.228. The summed E-state index contributed by atoms with van der Waals surface area (Å²) in [6.45, 7) is 2.74. The highest BCUT2D eigenvalue weighted by atomic mass is 79.9. The topological polar surface area (TPSA) is 32.3 Å². The molecule has 0 unspecified atom stereocenters. The van der Waals surface area contributed by atoms with Crippen molar-refractivity contribution in [2.24, 2.45) is 0 Å². The molecule has 0 saturated carbocycles. The van der Waals surface area contributed by atoms with Crippen molar-refractivity contribution in [3.8, 4) is 5.75 Å². The smallest absolute Gasteiger partial charge is 0.134 e. The third-order valence-corrected chi connectivity index (χ3v) is 4.21. The highest BCUT2D eigenvalue weighted by Gasteiger charge is 2.08. The number of para-hydroxylation sites is 1. The van der Waals surface area contributed by atoms with Crippen LogP contribution in [0.4, 0.5) is 0 Å². The molecule has 4 heteroatoms. The fourth-order valence-electron chi connectivity index (χ4n) is 1.84. The molecule has 0 aliphatic carbocycles. The van der Waals surface area contributed by atoms with Crippen LogP contribution in [0.1, 0.15) is 24.1 Å². The van der Waals surface area contributed by atoms with E-state index in [1.54, 1.807) is 0 Å². The summed E-state index contributed by atoms with van der Waals surface area (Å²) in [5.41, 5.74) is 2.11. The van der Waals surface area contributed by atoms with Crippen molar-refractivity contribution >= 4 is 31.9 Å². The maximum Gasteiger partial charge on any atom is 0.134 e. The predicted molar refractivity (Wildman–Crippen MR) is 85.2 cm³/mol. The van der Waals surface area contributed by atoms with Crippen LogP contribution in [0.15, 0.2) is 51.4 Å². The molecule has 1 atom stereocenters. The normalized spacial score (nSPS) is 12.4. The minimum atomic E-state index is 0.228. The summed E-state index contributed by atoms with van der Waals surface area (Å²) in [5.74, 6) is 0.304. The SMILES string of the molecule is C[C@@H](NCc1cccc(Br)c1O)c1ccc(Br)cc1. The lowest BCUT2D eigenvalue weighted by Gasteiger charge is -2.15. The number of aromatic hydroxyl groups is 1. The lowest BCUT2D eigenvalue weighted by Crippen LogP contribution is -2.18. The van der Waals surface area contributed by atoms with Gasteiger partial charge in [0.05, 0.1) is 4.47 Å². The summed E-state index contributed by atoms with van der Waals surface area (Å²) >= 11 is 6.75. The average molecular weight is 385 g/mol. The quantitative estimate of drug-likeness (QED) is 0.795. The fraction of sp³-hybridized carbons (Fsp3) is 0.200. The van der Waals surface area contributed by atoms with E-state index in [1.165, 1.54) is 5.56 Å². The Kier molecular flexibility index (Phi) is 5.02. The largest absolute Gasteiger partial charge is 0.506 e. The van der Waals surface area contributed by atoms with Crippen molar-refractivity contribution < 1.29 is 5.11 Å². The highest BCUT2D eigenvalue weighted by molar-refractivity contribution is 9.10. The molecule has 0 aliphatic rings. The summed E-state index contributed by atoms with van der Waals surface area (Å²) in [6.07, 6.45) is 0. The van der Waals surface area contributed by atoms with E-state index < -0.39 is 0 Å². The van der Waals surface area contributed by atoms with Gasteiger partial charge in [0.1, 0.15) is 5.75 Å². The van der Waals surface area contributed by atoms with Crippen molar-refractivity contribution in [3.63, 3.8) is 0 Å². The zero-order chi connectivity index (χ0) is 13.8. The number of phenols is 1. The van der Waals surface area contributed by atoms with Crippen LogP contribution in [-0.2, 0) is 6.54 Å². The van der Waals surface area contributed by atoms with Gasteiger partial charge in [-0.05, 0) is 46.6 Å². The Morgan fingerprint density at radius 3 is 2.47 bits per heavy atom. The van der Waals surface area contributed by atoms with Crippen LogP contribution >= 0.6 is 31.9 Å². The molecule has 2 aromatic carbocycles. The number of hydrogen-bond donors (Lipinski definition) is 2. The van der Waals surface area contributed by atoms with Crippen molar-refractivity contribution in [1.29, 1.82) is 0 Å². The summed E-state index contributed by atoms with van der Waals surface area (Å²) in [4.78, 5) is 0. The van der Waals surface area contributed by atoms with Crippen LogP contribution in [0.2, 0.25) is 0 Å². The molecule has 0 fully saturated rings. The van der Waals surface area contributed by atoms with Gasteiger partial charge in [-0.3, -0.25) is 0 Å². The fourth-order valence-corrected chi connectivity index (χ4v) is 2.51. The van der Waals surface area contributed by atoms with E-state index in [0.717, 1.165) is 14.5 Å². The van der Waals surface area contributed by atoms with Gasteiger partial charge in [-0.1, -0.05) is 40.2 Å². The maximum atomic E-state index is 9.92. The van der Waals surface area contributed by atoms with Crippen molar-refractivity contribution in [1.82, 2.24) is 5.32 Å². The molecule has 2 aromatic rings. The Labute approximate surface area is 130 Å². The molecule has 19 heavy (non-hydrogen) atoms. The summed E-state index contributed by atoms with van der Waals surface area (Å²) in [7, 11) is 0. The van der Waals surface area contributed by atoms with Crippen LogP contribution < -0.4 is 5.32 Å². The van der Waals surface area contributed by atoms with Gasteiger partial charge in [-0.25, -0.2) is 0 Å². The van der Waals surface area contributed by atoms with Gasteiger partial charge in [-0.15, -0.1) is 0 Å². The van der Waals surface area contributed by atoms with E-state index in [1.807, 2.05) is 30.3 Å². The Morgan fingerprint density at radius 2 is 1.79 bits per heavy atom. The molecule has 0 spiro atoms. The van der Waals surface area contributed by atoms with Gasteiger partial charge in [0.25, 0.3) is 0 Å². The molecule has 0 amide bonds. The Morgan fingerprint density at radius 1 is 1.11 bits per heavy atom. The second kappa shape index (κ2) is 6.55. The second-order valence-corrected chi connectivity index (χ2v) is 6.17. The van der Waals surface area contributed by atoms with Crippen LogP contribution in [0.25, 0.3) is 0 Å². The molecule has 2 nitrogen and oxygen atoms in total. The number of rotatable bonds is 4. The molecule has 0 aliphatic heterocycles. The van der Waals surface area contributed by atoms with Gasteiger partial charge >= 0.3 is 0 Å². The lowest BCUT2D eigenvalue weighted by atomic mass is 10.1. The maximum absolute atomic E-state index is 9.92. The lowest BCUT2D eigenvalue weighted by molar-refractivity contribution is 0.457. The van der Waals surface area contributed by atoms with E-state index >= 15 is 0 Å². The molecule has 2 N–H and O–H groups in total. The third kappa shape index (κ3) is 3.81. The van der Waals surface area contributed by atoms with Gasteiger partial charge in [-0.2, -0.15) is 0 Å². The standard InChI is InChI=1S/C15H15Br2NO/c1-10(11-5-7-13(16)8-6-11)18-9-12-3-2-4-14(17)15(12)19/h2-8,10,18-19H,9H2,1H3/t10-/m1/s1. The molecule has 100 valence electrons. The molecule has 2 rings (SSSR count). The van der Waals surface area contributed by atoms with Crippen molar-refractivity contribution in [3.05, 3.63) is 62.5 Å². The monoisotopic (exact) mass is 383 g/mol. The third-order valence-electron chi connectivity index (χ3n) is 3.04. The summed E-state index contributed by atoms with van der Waals surface area (Å²) < 4.78 is 1.80. The van der Waals surface area contributed by atoms with E-state index in [4.69, 9.17) is 0 Å². The number of phenolic OH excluding ortho intramolecular Hbond substituents is 1.